The quantitative estimate of drug-likeness (QED) is 0.519. The summed E-state index contributed by atoms with van der Waals surface area (Å²) in [6, 6.07) is 2.52. The number of aromatic nitrogens is 1. The van der Waals surface area contributed by atoms with E-state index in [1.165, 1.54) is 12.1 Å². The fourth-order valence-corrected chi connectivity index (χ4v) is 1.67. The van der Waals surface area contributed by atoms with E-state index in [9.17, 15) is 14.9 Å². The fourth-order valence-electron chi connectivity index (χ4n) is 1.67. The van der Waals surface area contributed by atoms with E-state index in [1.54, 1.807) is 0 Å². The van der Waals surface area contributed by atoms with Crippen LogP contribution in [0.4, 0.5) is 5.82 Å². The van der Waals surface area contributed by atoms with E-state index in [4.69, 9.17) is 5.73 Å². The summed E-state index contributed by atoms with van der Waals surface area (Å²) in [7, 11) is 0. The second-order valence-corrected chi connectivity index (χ2v) is 4.55. The van der Waals surface area contributed by atoms with Crippen molar-refractivity contribution in [2.24, 2.45) is 11.7 Å². The zero-order valence-electron chi connectivity index (χ0n) is 10.5. The van der Waals surface area contributed by atoms with Crippen LogP contribution in [0.15, 0.2) is 12.1 Å². The zero-order valence-corrected chi connectivity index (χ0v) is 10.5. The topological polar surface area (TPSA) is 114 Å². The number of H-pyrrole nitrogens is 1. The molecule has 1 aromatic rings. The van der Waals surface area contributed by atoms with Gasteiger partial charge in [0.1, 0.15) is 0 Å². The molecule has 1 heterocycles. The highest BCUT2D eigenvalue weighted by Crippen LogP contribution is 2.10. The first-order chi connectivity index (χ1) is 8.43. The second kappa shape index (κ2) is 6.15. The molecule has 7 heteroatoms. The first kappa shape index (κ1) is 14.2. The summed E-state index contributed by atoms with van der Waals surface area (Å²) < 4.78 is 0. The Balaban J connectivity index is 2.65. The molecule has 100 valence electrons. The normalized spacial score (nSPS) is 12.4. The van der Waals surface area contributed by atoms with Crippen LogP contribution in [0.1, 0.15) is 30.8 Å². The molecule has 0 aromatic carbocycles. The van der Waals surface area contributed by atoms with Crippen LogP contribution >= 0.6 is 0 Å². The van der Waals surface area contributed by atoms with Crippen molar-refractivity contribution in [2.75, 3.05) is 6.54 Å². The predicted octanol–water partition coefficient (Wildman–Crippen LogP) is 1.03. The van der Waals surface area contributed by atoms with E-state index in [0.717, 1.165) is 6.42 Å². The summed E-state index contributed by atoms with van der Waals surface area (Å²) in [5.41, 5.74) is 5.74. The van der Waals surface area contributed by atoms with Gasteiger partial charge in [-0.2, -0.15) is 0 Å². The van der Waals surface area contributed by atoms with Crippen molar-refractivity contribution in [2.45, 2.75) is 26.3 Å². The zero-order chi connectivity index (χ0) is 13.7. The van der Waals surface area contributed by atoms with Gasteiger partial charge in [0.05, 0.1) is 0 Å². The first-order valence-corrected chi connectivity index (χ1v) is 5.78. The summed E-state index contributed by atoms with van der Waals surface area (Å²) in [6.45, 7) is 4.41. The molecule has 18 heavy (non-hydrogen) atoms. The summed E-state index contributed by atoms with van der Waals surface area (Å²) in [6.07, 6.45) is 0.769. The van der Waals surface area contributed by atoms with Crippen LogP contribution in [0.25, 0.3) is 0 Å². The average Bonchev–Trinajstić information content (AvgIpc) is 2.76. The Morgan fingerprint density at radius 2 is 2.22 bits per heavy atom. The van der Waals surface area contributed by atoms with Gasteiger partial charge in [0.25, 0.3) is 5.91 Å². The van der Waals surface area contributed by atoms with Crippen LogP contribution in [0.3, 0.4) is 0 Å². The van der Waals surface area contributed by atoms with E-state index in [1.807, 2.05) is 13.8 Å². The van der Waals surface area contributed by atoms with Gasteiger partial charge in [-0.15, -0.1) is 0 Å². The van der Waals surface area contributed by atoms with Crippen LogP contribution in [0.2, 0.25) is 0 Å². The number of nitro groups is 1. The molecule has 0 radical (unpaired) electrons. The molecule has 4 N–H and O–H groups in total. The third-order valence-corrected chi connectivity index (χ3v) is 2.49. The largest absolute Gasteiger partial charge is 0.358 e. The Morgan fingerprint density at radius 3 is 2.67 bits per heavy atom. The van der Waals surface area contributed by atoms with Gasteiger partial charge in [0.2, 0.25) is 0 Å². The Labute approximate surface area is 105 Å². The molecule has 0 aliphatic carbocycles. The van der Waals surface area contributed by atoms with E-state index in [2.05, 4.69) is 10.3 Å². The highest BCUT2D eigenvalue weighted by atomic mass is 16.6. The number of carbonyl (C=O) groups is 1. The molecule has 1 rings (SSSR count). The van der Waals surface area contributed by atoms with E-state index in [-0.39, 0.29) is 23.5 Å². The molecule has 0 fully saturated rings. The van der Waals surface area contributed by atoms with Gasteiger partial charge in [-0.1, -0.05) is 13.8 Å². The molecular formula is C11H18N4O3. The number of hydrogen-bond donors (Lipinski definition) is 3. The maximum absolute atomic E-state index is 11.8. The minimum absolute atomic E-state index is 0.125. The van der Waals surface area contributed by atoms with Crippen molar-refractivity contribution < 1.29 is 9.72 Å². The summed E-state index contributed by atoms with van der Waals surface area (Å²) in [5, 5.41) is 13.2. The van der Waals surface area contributed by atoms with Gasteiger partial charge in [-0.3, -0.25) is 4.79 Å². The lowest BCUT2D eigenvalue weighted by atomic mass is 10.0. The number of nitrogens with one attached hydrogen (secondary N) is 2. The van der Waals surface area contributed by atoms with Crippen LogP contribution in [0, 0.1) is 16.0 Å². The van der Waals surface area contributed by atoms with Crippen molar-refractivity contribution in [1.29, 1.82) is 0 Å². The lowest BCUT2D eigenvalue weighted by Crippen LogP contribution is -2.41. The lowest BCUT2D eigenvalue weighted by Gasteiger charge is -2.17. The molecule has 0 aliphatic heterocycles. The maximum Gasteiger partial charge on any atom is 0.321 e. The highest BCUT2D eigenvalue weighted by Gasteiger charge is 2.18. The molecule has 7 nitrogen and oxygen atoms in total. The average molecular weight is 254 g/mol. The van der Waals surface area contributed by atoms with Crippen molar-refractivity contribution in [1.82, 2.24) is 10.3 Å². The van der Waals surface area contributed by atoms with E-state index in [0.29, 0.717) is 12.5 Å². The number of aromatic amines is 1. The third kappa shape index (κ3) is 3.85. The van der Waals surface area contributed by atoms with E-state index < -0.39 is 4.92 Å². The number of amides is 1. The van der Waals surface area contributed by atoms with Crippen LogP contribution in [0.5, 0.6) is 0 Å². The first-order valence-electron chi connectivity index (χ1n) is 5.78. The second-order valence-electron chi connectivity index (χ2n) is 4.55. The summed E-state index contributed by atoms with van der Waals surface area (Å²) in [4.78, 5) is 24.2. The van der Waals surface area contributed by atoms with Gasteiger partial charge < -0.3 is 21.2 Å². The SMILES string of the molecule is CC(C)CC(CN)NC(=O)c1ccc([N+](=O)[O-])[nH]1. The third-order valence-electron chi connectivity index (χ3n) is 2.49. The molecule has 0 aliphatic rings. The van der Waals surface area contributed by atoms with Crippen molar-refractivity contribution >= 4 is 11.7 Å². The highest BCUT2D eigenvalue weighted by molar-refractivity contribution is 5.93. The minimum Gasteiger partial charge on any atom is -0.358 e. The van der Waals surface area contributed by atoms with Crippen molar-refractivity contribution in [3.63, 3.8) is 0 Å². The number of nitrogens with two attached hydrogens (primary N) is 1. The number of hydrogen-bond acceptors (Lipinski definition) is 4. The Morgan fingerprint density at radius 1 is 1.56 bits per heavy atom. The Kier molecular flexibility index (Phi) is 4.85. The van der Waals surface area contributed by atoms with Crippen LogP contribution in [-0.4, -0.2) is 28.4 Å². The van der Waals surface area contributed by atoms with Gasteiger partial charge >= 0.3 is 5.82 Å². The molecule has 0 saturated carbocycles. The lowest BCUT2D eigenvalue weighted by molar-refractivity contribution is -0.389. The summed E-state index contributed by atoms with van der Waals surface area (Å²) in [5.74, 6) is -0.163. The standard InChI is InChI=1S/C11H18N4O3/c1-7(2)5-8(6-12)13-11(16)9-3-4-10(14-9)15(17)18/h3-4,7-8,14H,5-6,12H2,1-2H3,(H,13,16). The summed E-state index contributed by atoms with van der Waals surface area (Å²) >= 11 is 0. The monoisotopic (exact) mass is 254 g/mol. The molecule has 1 atom stereocenters. The molecule has 0 bridgehead atoms. The Bertz CT molecular complexity index is 428. The smallest absolute Gasteiger partial charge is 0.321 e. The number of carbonyl (C=O) groups excluding carboxylic acids is 1. The number of nitrogens with zero attached hydrogens (tertiary/aromatic N) is 1. The molecular weight excluding hydrogens is 236 g/mol. The molecule has 1 aromatic heterocycles. The van der Waals surface area contributed by atoms with Gasteiger partial charge in [0.15, 0.2) is 5.69 Å². The van der Waals surface area contributed by atoms with Crippen molar-refractivity contribution in [3.05, 3.63) is 27.9 Å². The molecule has 0 saturated heterocycles. The predicted molar refractivity (Wildman–Crippen MR) is 67.2 cm³/mol. The molecule has 0 spiro atoms. The number of rotatable bonds is 6. The Hall–Kier alpha value is -1.89. The van der Waals surface area contributed by atoms with Crippen LogP contribution < -0.4 is 11.1 Å². The van der Waals surface area contributed by atoms with Gasteiger partial charge in [-0.25, -0.2) is 4.98 Å². The minimum atomic E-state index is -0.578. The maximum atomic E-state index is 11.8. The molecule has 1 amide bonds. The van der Waals surface area contributed by atoms with E-state index >= 15 is 0 Å². The fraction of sp³-hybridized carbons (Fsp3) is 0.545. The van der Waals surface area contributed by atoms with Crippen LogP contribution in [-0.2, 0) is 0 Å². The van der Waals surface area contributed by atoms with Gasteiger partial charge in [0, 0.05) is 18.7 Å². The molecule has 1 unspecified atom stereocenters. The van der Waals surface area contributed by atoms with Crippen molar-refractivity contribution in [3.8, 4) is 0 Å². The van der Waals surface area contributed by atoms with Gasteiger partial charge in [-0.05, 0) is 23.3 Å².